The molecule has 0 aliphatic rings. The van der Waals surface area contributed by atoms with E-state index in [4.69, 9.17) is 0 Å². The van der Waals surface area contributed by atoms with Crippen molar-refractivity contribution in [2.24, 2.45) is 0 Å². The fourth-order valence-electron chi connectivity index (χ4n) is 3.47. The van der Waals surface area contributed by atoms with Crippen LogP contribution in [0.25, 0.3) is 21.1 Å². The Morgan fingerprint density at radius 2 is 1.62 bits per heavy atom. The summed E-state index contributed by atoms with van der Waals surface area (Å²) in [4.78, 5) is 7.58. The third-order valence-corrected chi connectivity index (χ3v) is 15.5. The second-order valence-electron chi connectivity index (χ2n) is 8.01. The molecule has 0 saturated carbocycles. The van der Waals surface area contributed by atoms with Crippen molar-refractivity contribution in [2.75, 3.05) is 0 Å². The first kappa shape index (κ1) is 18.3. The van der Waals surface area contributed by atoms with Gasteiger partial charge in [0.25, 0.3) is 0 Å². The molecule has 0 aliphatic heterocycles. The SMILES string of the molecule is CCCCCCCCn1c2ccccc2c2s[c]([Sn]([CH3])([CH3])[CH3])cc21. The Balaban J connectivity index is 1.87. The van der Waals surface area contributed by atoms with Crippen molar-refractivity contribution < 1.29 is 0 Å². The van der Waals surface area contributed by atoms with Gasteiger partial charge in [-0.2, -0.15) is 0 Å². The fourth-order valence-corrected chi connectivity index (χ4v) is 9.84. The average Bonchev–Trinajstić information content (AvgIpc) is 3.09. The zero-order chi connectivity index (χ0) is 17.2. The number of aromatic nitrogens is 1. The number of unbranched alkanes of at least 4 members (excludes halogenated alkanes) is 5. The van der Waals surface area contributed by atoms with Gasteiger partial charge in [0.05, 0.1) is 0 Å². The van der Waals surface area contributed by atoms with Crippen LogP contribution < -0.4 is 2.89 Å². The molecule has 0 spiro atoms. The number of nitrogens with zero attached hydrogens (tertiary/aromatic N) is 1. The first-order valence-corrected chi connectivity index (χ1v) is 20.3. The molecule has 3 aromatic rings. The van der Waals surface area contributed by atoms with E-state index in [9.17, 15) is 0 Å². The summed E-state index contributed by atoms with van der Waals surface area (Å²) in [7, 11) is 0. The van der Waals surface area contributed by atoms with Gasteiger partial charge in [-0.3, -0.25) is 0 Å². The number of hydrogen-bond donors (Lipinski definition) is 0. The molecule has 0 radical (unpaired) electrons. The Labute approximate surface area is 154 Å². The molecule has 0 bridgehead atoms. The van der Waals surface area contributed by atoms with Gasteiger partial charge in [-0.1, -0.05) is 0 Å². The summed E-state index contributed by atoms with van der Waals surface area (Å²) in [6.45, 7) is 3.46. The quantitative estimate of drug-likeness (QED) is 0.265. The van der Waals surface area contributed by atoms with Gasteiger partial charge < -0.3 is 0 Å². The van der Waals surface area contributed by atoms with Crippen molar-refractivity contribution in [3.8, 4) is 0 Å². The van der Waals surface area contributed by atoms with E-state index in [2.05, 4.69) is 68.0 Å². The van der Waals surface area contributed by atoms with Gasteiger partial charge in [0.2, 0.25) is 0 Å². The maximum absolute atomic E-state index is 2.60. The summed E-state index contributed by atoms with van der Waals surface area (Å²) >= 11 is 0.0862. The topological polar surface area (TPSA) is 4.93 Å². The van der Waals surface area contributed by atoms with Crippen LogP contribution in [0.15, 0.2) is 30.3 Å². The predicted octanol–water partition coefficient (Wildman–Crippen LogP) is 6.76. The molecule has 0 fully saturated rings. The van der Waals surface area contributed by atoms with Crippen LogP contribution in [-0.4, -0.2) is 22.9 Å². The Morgan fingerprint density at radius 1 is 0.917 bits per heavy atom. The summed E-state index contributed by atoms with van der Waals surface area (Å²) in [5, 5.41) is 1.46. The molecular formula is C21H31NSSn. The van der Waals surface area contributed by atoms with Crippen LogP contribution in [0.5, 0.6) is 0 Å². The van der Waals surface area contributed by atoms with Gasteiger partial charge in [-0.15, -0.1) is 0 Å². The van der Waals surface area contributed by atoms with Crippen molar-refractivity contribution in [1.29, 1.82) is 0 Å². The molecule has 2 heterocycles. The van der Waals surface area contributed by atoms with Gasteiger partial charge in [-0.05, 0) is 0 Å². The first-order valence-electron chi connectivity index (χ1n) is 9.53. The normalized spacial score (nSPS) is 12.5. The molecule has 0 atom stereocenters. The molecule has 130 valence electrons. The number of benzene rings is 1. The number of fused-ring (bicyclic) bond motifs is 3. The summed E-state index contributed by atoms with van der Waals surface area (Å²) < 4.78 is 5.83. The van der Waals surface area contributed by atoms with Crippen molar-refractivity contribution in [3.63, 3.8) is 0 Å². The summed E-state index contributed by atoms with van der Waals surface area (Å²) in [6, 6.07) is 11.5. The van der Waals surface area contributed by atoms with Crippen LogP contribution in [-0.2, 0) is 6.54 Å². The predicted molar refractivity (Wildman–Crippen MR) is 114 cm³/mol. The number of para-hydroxylation sites is 1. The average molecular weight is 448 g/mol. The van der Waals surface area contributed by atoms with E-state index >= 15 is 0 Å². The summed E-state index contributed by atoms with van der Waals surface area (Å²) in [5.74, 6) is 0. The molecule has 3 rings (SSSR count). The van der Waals surface area contributed by atoms with E-state index in [1.165, 1.54) is 66.2 Å². The van der Waals surface area contributed by atoms with Crippen LogP contribution in [0.4, 0.5) is 0 Å². The van der Waals surface area contributed by atoms with E-state index in [-0.39, 0.29) is 0 Å². The molecule has 0 N–H and O–H groups in total. The minimum absolute atomic E-state index is 1.17. The van der Waals surface area contributed by atoms with Gasteiger partial charge >= 0.3 is 155 Å². The summed E-state index contributed by atoms with van der Waals surface area (Å²) in [5.41, 5.74) is 2.93. The van der Waals surface area contributed by atoms with Gasteiger partial charge in [0.15, 0.2) is 0 Å². The number of rotatable bonds is 8. The molecule has 0 aliphatic carbocycles. The zero-order valence-corrected chi connectivity index (χ0v) is 19.4. The monoisotopic (exact) mass is 449 g/mol. The van der Waals surface area contributed by atoms with Crippen molar-refractivity contribution in [3.05, 3.63) is 30.3 Å². The van der Waals surface area contributed by atoms with Crippen LogP contribution in [0.2, 0.25) is 14.8 Å². The van der Waals surface area contributed by atoms with Crippen LogP contribution in [0.1, 0.15) is 45.4 Å². The number of hydrogen-bond acceptors (Lipinski definition) is 1. The van der Waals surface area contributed by atoms with Gasteiger partial charge in [0, 0.05) is 0 Å². The van der Waals surface area contributed by atoms with Crippen molar-refractivity contribution in [1.82, 2.24) is 4.57 Å². The Kier molecular flexibility index (Phi) is 5.97. The molecule has 2 aromatic heterocycles. The second kappa shape index (κ2) is 7.82. The summed E-state index contributed by atoms with van der Waals surface area (Å²) in [6.07, 6.45) is 8.19. The van der Waals surface area contributed by atoms with E-state index in [0.29, 0.717) is 0 Å². The fraction of sp³-hybridized carbons (Fsp3) is 0.524. The van der Waals surface area contributed by atoms with E-state index in [0.717, 1.165) is 0 Å². The third kappa shape index (κ3) is 3.85. The van der Waals surface area contributed by atoms with Crippen LogP contribution >= 0.6 is 11.3 Å². The third-order valence-electron chi connectivity index (χ3n) is 4.92. The van der Waals surface area contributed by atoms with Crippen LogP contribution in [0, 0.1) is 0 Å². The molecular weight excluding hydrogens is 417 g/mol. The van der Waals surface area contributed by atoms with E-state index in [1.54, 1.807) is 2.89 Å². The Morgan fingerprint density at radius 3 is 2.38 bits per heavy atom. The molecule has 3 heteroatoms. The molecule has 0 unspecified atom stereocenters. The van der Waals surface area contributed by atoms with E-state index < -0.39 is 18.4 Å². The number of aryl methyl sites for hydroxylation is 1. The molecule has 1 nitrogen and oxygen atoms in total. The maximum atomic E-state index is 2.60. The Bertz CT molecular complexity index is 806. The van der Waals surface area contributed by atoms with Crippen molar-refractivity contribution >= 4 is 53.7 Å². The molecule has 0 saturated heterocycles. The van der Waals surface area contributed by atoms with E-state index in [1.807, 2.05) is 0 Å². The van der Waals surface area contributed by atoms with Gasteiger partial charge in [-0.25, -0.2) is 0 Å². The van der Waals surface area contributed by atoms with Crippen molar-refractivity contribution in [2.45, 2.75) is 66.8 Å². The Hall–Kier alpha value is -0.481. The second-order valence-corrected chi connectivity index (χ2v) is 24.5. The molecule has 24 heavy (non-hydrogen) atoms. The number of thiophene rings is 1. The molecule has 0 amide bonds. The molecule has 1 aromatic carbocycles. The van der Waals surface area contributed by atoms with Gasteiger partial charge in [0.1, 0.15) is 0 Å². The first-order chi connectivity index (χ1) is 11.5. The standard InChI is InChI=1S/C18H22NS.3CH3.Sn/c1-2-3-4-5-6-9-13-19-16-11-8-7-10-15(16)18-17(19)12-14-20-18;;;;/h7-8,10-12H,2-6,9,13H2,1H3;3*1H3;. The van der Waals surface area contributed by atoms with Crippen LogP contribution in [0.3, 0.4) is 0 Å². The minimum atomic E-state index is -1.99. The zero-order valence-electron chi connectivity index (χ0n) is 15.7.